The molecular weight excluding hydrogens is 506 g/mol. The van der Waals surface area contributed by atoms with Crippen molar-refractivity contribution >= 4 is 46.5 Å². The molecule has 0 N–H and O–H groups in total. The average Bonchev–Trinajstić information content (AvgIpc) is 3.36. The summed E-state index contributed by atoms with van der Waals surface area (Å²) < 4.78 is 1.53. The van der Waals surface area contributed by atoms with E-state index in [0.717, 1.165) is 46.6 Å². The zero-order valence-electron chi connectivity index (χ0n) is 20.5. The van der Waals surface area contributed by atoms with Crippen molar-refractivity contribution in [2.45, 2.75) is 48.9 Å². The van der Waals surface area contributed by atoms with Crippen molar-refractivity contribution in [2.75, 3.05) is 18.0 Å². The van der Waals surface area contributed by atoms with Crippen molar-refractivity contribution in [3.05, 3.63) is 80.3 Å². The number of nitrogens with zero attached hydrogens (tertiary/aromatic N) is 3. The van der Waals surface area contributed by atoms with Gasteiger partial charge in [0.1, 0.15) is 11.8 Å². The molecule has 6 rings (SSSR count). The molecule has 3 atom stereocenters. The molecular formula is C28H27N3O4S2. The molecule has 190 valence electrons. The SMILES string of the molecule is Cc1ccc(N2C(=O)C3Sc4c(sc(=O)n4CC(=O)N4CCCCC4)[C@@H](c4ccccc4)C3C2=O)cc1. The van der Waals surface area contributed by atoms with Crippen molar-refractivity contribution in [3.8, 4) is 0 Å². The molecule has 0 bridgehead atoms. The van der Waals surface area contributed by atoms with E-state index < -0.39 is 17.1 Å². The Labute approximate surface area is 223 Å². The van der Waals surface area contributed by atoms with E-state index in [9.17, 15) is 19.2 Å². The fraction of sp³-hybridized carbons (Fsp3) is 0.357. The number of aryl methyl sites for hydroxylation is 1. The molecule has 0 spiro atoms. The van der Waals surface area contributed by atoms with Crippen LogP contribution >= 0.6 is 23.1 Å². The number of thioether (sulfide) groups is 1. The molecule has 3 aromatic rings. The number of hydrogen-bond donors (Lipinski definition) is 0. The number of aromatic nitrogens is 1. The molecule has 9 heteroatoms. The normalized spacial score (nSPS) is 23.2. The van der Waals surface area contributed by atoms with Crippen molar-refractivity contribution < 1.29 is 14.4 Å². The fourth-order valence-corrected chi connectivity index (χ4v) is 8.37. The second-order valence-electron chi connectivity index (χ2n) is 9.86. The number of thiazole rings is 1. The topological polar surface area (TPSA) is 79.7 Å². The van der Waals surface area contributed by atoms with Crippen LogP contribution in [0.25, 0.3) is 0 Å². The van der Waals surface area contributed by atoms with Crippen LogP contribution in [0, 0.1) is 12.8 Å². The summed E-state index contributed by atoms with van der Waals surface area (Å²) in [6, 6.07) is 17.0. The molecule has 4 heterocycles. The maximum absolute atomic E-state index is 13.9. The summed E-state index contributed by atoms with van der Waals surface area (Å²) in [6.07, 6.45) is 3.06. The van der Waals surface area contributed by atoms with Crippen LogP contribution in [-0.2, 0) is 20.9 Å². The minimum absolute atomic E-state index is 0.0413. The first-order valence-corrected chi connectivity index (χ1v) is 14.3. The molecule has 0 saturated carbocycles. The summed E-state index contributed by atoms with van der Waals surface area (Å²) in [5.41, 5.74) is 2.49. The third kappa shape index (κ3) is 4.14. The van der Waals surface area contributed by atoms with E-state index in [2.05, 4.69) is 0 Å². The standard InChI is InChI=1S/C28H27N3O4S2/c1-17-10-12-19(13-11-17)31-25(33)22-21(18-8-4-2-5-9-18)24-27(36-23(22)26(31)34)30(28(35)37-24)16-20(32)29-14-6-3-7-15-29/h2,4-5,8-13,21-23H,3,6-7,14-16H2,1H3/t21-,22?,23?/m0/s1. The molecule has 3 aliphatic rings. The second kappa shape index (κ2) is 9.61. The van der Waals surface area contributed by atoms with Gasteiger partial charge in [-0.15, -0.1) is 0 Å². The van der Waals surface area contributed by atoms with Crippen LogP contribution in [0.4, 0.5) is 5.69 Å². The minimum Gasteiger partial charge on any atom is -0.341 e. The highest BCUT2D eigenvalue weighted by molar-refractivity contribution is 8.00. The zero-order chi connectivity index (χ0) is 25.7. The first kappa shape index (κ1) is 24.2. The highest BCUT2D eigenvalue weighted by atomic mass is 32.2. The summed E-state index contributed by atoms with van der Waals surface area (Å²) in [5, 5.41) is -0.0285. The van der Waals surface area contributed by atoms with Gasteiger partial charge in [-0.3, -0.25) is 23.7 Å². The lowest BCUT2D eigenvalue weighted by Gasteiger charge is -2.31. The maximum atomic E-state index is 13.9. The van der Waals surface area contributed by atoms with Gasteiger partial charge >= 0.3 is 4.87 Å². The maximum Gasteiger partial charge on any atom is 0.308 e. The van der Waals surface area contributed by atoms with Crippen LogP contribution in [0.15, 0.2) is 64.4 Å². The predicted octanol–water partition coefficient (Wildman–Crippen LogP) is 4.03. The van der Waals surface area contributed by atoms with Gasteiger partial charge in [0.15, 0.2) is 0 Å². The van der Waals surface area contributed by atoms with E-state index in [0.29, 0.717) is 23.8 Å². The Balaban J connectivity index is 1.42. The molecule has 7 nitrogen and oxygen atoms in total. The van der Waals surface area contributed by atoms with E-state index in [1.54, 1.807) is 12.1 Å². The lowest BCUT2D eigenvalue weighted by Crippen LogP contribution is -2.39. The number of hydrogen-bond acceptors (Lipinski definition) is 6. The zero-order valence-corrected chi connectivity index (χ0v) is 22.1. The van der Waals surface area contributed by atoms with E-state index in [1.165, 1.54) is 21.2 Å². The lowest BCUT2D eigenvalue weighted by atomic mass is 9.83. The van der Waals surface area contributed by atoms with Crippen molar-refractivity contribution in [1.29, 1.82) is 0 Å². The number of amides is 3. The number of carbonyl (C=O) groups is 3. The Hall–Kier alpha value is -3.17. The van der Waals surface area contributed by atoms with Gasteiger partial charge in [-0.25, -0.2) is 4.90 Å². The van der Waals surface area contributed by atoms with Gasteiger partial charge in [0.25, 0.3) is 0 Å². The molecule has 0 aliphatic carbocycles. The van der Waals surface area contributed by atoms with Gasteiger partial charge in [0, 0.05) is 23.9 Å². The molecule has 1 aromatic heterocycles. The van der Waals surface area contributed by atoms with Gasteiger partial charge in [-0.05, 0) is 43.9 Å². The Morgan fingerprint density at radius 3 is 2.32 bits per heavy atom. The van der Waals surface area contributed by atoms with Crippen molar-refractivity contribution in [3.63, 3.8) is 0 Å². The summed E-state index contributed by atoms with van der Waals surface area (Å²) in [4.78, 5) is 57.6. The third-order valence-electron chi connectivity index (χ3n) is 7.50. The molecule has 3 amide bonds. The van der Waals surface area contributed by atoms with Crippen LogP contribution in [-0.4, -0.2) is 45.5 Å². The second-order valence-corrected chi connectivity index (χ2v) is 12.0. The van der Waals surface area contributed by atoms with Crippen LogP contribution in [0.1, 0.15) is 41.2 Å². The highest BCUT2D eigenvalue weighted by Gasteiger charge is 2.56. The smallest absolute Gasteiger partial charge is 0.308 e. The monoisotopic (exact) mass is 533 g/mol. The van der Waals surface area contributed by atoms with E-state index in [4.69, 9.17) is 0 Å². The number of likely N-dealkylation sites (tertiary alicyclic amines) is 1. The first-order valence-electron chi connectivity index (χ1n) is 12.6. The Bertz CT molecular complexity index is 1420. The number of fused-ring (bicyclic) bond motifs is 2. The van der Waals surface area contributed by atoms with Gasteiger partial charge in [0.2, 0.25) is 17.7 Å². The molecule has 37 heavy (non-hydrogen) atoms. The molecule has 3 aliphatic heterocycles. The van der Waals surface area contributed by atoms with Crippen molar-refractivity contribution in [2.24, 2.45) is 5.92 Å². The Morgan fingerprint density at radius 2 is 1.62 bits per heavy atom. The number of anilines is 1. The summed E-state index contributed by atoms with van der Waals surface area (Å²) >= 11 is 2.36. The van der Waals surface area contributed by atoms with Crippen LogP contribution in [0.5, 0.6) is 0 Å². The number of rotatable bonds is 4. The van der Waals surface area contributed by atoms with E-state index in [-0.39, 0.29) is 29.1 Å². The molecule has 2 aromatic carbocycles. The van der Waals surface area contributed by atoms with Gasteiger partial charge < -0.3 is 4.90 Å². The third-order valence-corrected chi connectivity index (χ3v) is 10.1. The van der Waals surface area contributed by atoms with Gasteiger partial charge in [-0.1, -0.05) is 71.1 Å². The fourth-order valence-electron chi connectivity index (χ4n) is 5.60. The van der Waals surface area contributed by atoms with Gasteiger partial charge in [-0.2, -0.15) is 0 Å². The molecule has 0 radical (unpaired) electrons. The quantitative estimate of drug-likeness (QED) is 0.473. The molecule has 2 fully saturated rings. The van der Waals surface area contributed by atoms with Crippen LogP contribution in [0.3, 0.4) is 0 Å². The van der Waals surface area contributed by atoms with Crippen molar-refractivity contribution in [1.82, 2.24) is 9.47 Å². The minimum atomic E-state index is -0.670. The van der Waals surface area contributed by atoms with Crippen LogP contribution in [0.2, 0.25) is 0 Å². The largest absolute Gasteiger partial charge is 0.341 e. The average molecular weight is 534 g/mol. The highest BCUT2D eigenvalue weighted by Crippen LogP contribution is 2.53. The van der Waals surface area contributed by atoms with E-state index >= 15 is 0 Å². The molecule has 2 saturated heterocycles. The summed E-state index contributed by atoms with van der Waals surface area (Å²) in [5.74, 6) is -1.65. The first-order chi connectivity index (χ1) is 17.9. The van der Waals surface area contributed by atoms with E-state index in [1.807, 2.05) is 54.3 Å². The lowest BCUT2D eigenvalue weighted by molar-refractivity contribution is -0.133. The van der Waals surface area contributed by atoms with Crippen LogP contribution < -0.4 is 9.77 Å². The summed E-state index contributed by atoms with van der Waals surface area (Å²) in [7, 11) is 0. The number of imide groups is 1. The number of benzene rings is 2. The number of piperidine rings is 1. The summed E-state index contributed by atoms with van der Waals surface area (Å²) in [6.45, 7) is 3.34. The Morgan fingerprint density at radius 1 is 0.919 bits per heavy atom. The number of carbonyl (C=O) groups excluding carboxylic acids is 3. The predicted molar refractivity (Wildman–Crippen MR) is 144 cm³/mol. The Kier molecular flexibility index (Phi) is 6.28. The van der Waals surface area contributed by atoms with Gasteiger partial charge in [0.05, 0.1) is 16.6 Å². The molecule has 2 unspecified atom stereocenters.